The van der Waals surface area contributed by atoms with Crippen molar-refractivity contribution in [2.24, 2.45) is 5.92 Å². The van der Waals surface area contributed by atoms with E-state index in [0.29, 0.717) is 24.8 Å². The van der Waals surface area contributed by atoms with Gasteiger partial charge < -0.3 is 15.5 Å². The van der Waals surface area contributed by atoms with Gasteiger partial charge in [0.15, 0.2) is 0 Å². The van der Waals surface area contributed by atoms with Gasteiger partial charge >= 0.3 is 0 Å². The summed E-state index contributed by atoms with van der Waals surface area (Å²) >= 11 is 0. The summed E-state index contributed by atoms with van der Waals surface area (Å²) in [6, 6.07) is 11.8. The van der Waals surface area contributed by atoms with E-state index in [1.165, 1.54) is 6.42 Å². The van der Waals surface area contributed by atoms with Crippen LogP contribution in [0.15, 0.2) is 42.6 Å². The Kier molecular flexibility index (Phi) is 4.39. The fourth-order valence-electron chi connectivity index (χ4n) is 5.96. The van der Waals surface area contributed by atoms with Gasteiger partial charge in [0.05, 0.1) is 23.3 Å². The van der Waals surface area contributed by atoms with Crippen LogP contribution in [0.25, 0.3) is 16.6 Å². The number of fused-ring (bicyclic) bond motifs is 5. The van der Waals surface area contributed by atoms with Crippen molar-refractivity contribution in [2.75, 3.05) is 36.9 Å². The lowest BCUT2D eigenvalue weighted by molar-refractivity contribution is 0.556. The maximum Gasteiger partial charge on any atom is 0.140 e. The number of anilines is 2. The van der Waals surface area contributed by atoms with Crippen LogP contribution in [-0.2, 0) is 12.8 Å². The highest BCUT2D eigenvalue weighted by Gasteiger charge is 2.39. The van der Waals surface area contributed by atoms with Gasteiger partial charge in [-0.05, 0) is 60.3 Å². The molecule has 0 spiro atoms. The van der Waals surface area contributed by atoms with Crippen LogP contribution in [0.2, 0.25) is 0 Å². The van der Waals surface area contributed by atoms with Crippen LogP contribution in [0.1, 0.15) is 29.2 Å². The minimum Gasteiger partial charge on any atom is -0.388 e. The maximum atomic E-state index is 14.6. The van der Waals surface area contributed by atoms with Crippen LogP contribution >= 0.6 is 0 Å². The van der Waals surface area contributed by atoms with Gasteiger partial charge in [-0.2, -0.15) is 5.10 Å². The Hall–Kier alpha value is -3.52. The van der Waals surface area contributed by atoms with Crippen LogP contribution in [0.5, 0.6) is 0 Å². The Bertz CT molecular complexity index is 1380. The van der Waals surface area contributed by atoms with Gasteiger partial charge in [0, 0.05) is 50.0 Å². The molecule has 3 aromatic heterocycles. The molecular formula is C26H26FN7. The molecule has 0 bridgehead atoms. The molecule has 3 aliphatic rings. The zero-order chi connectivity index (χ0) is 22.8. The standard InChI is InChI=1S/C26H26FN7/c1-28-21-9-16(27)8-20-19(21)12-22-25(20)26(33-13-15-5-6-29-23(15)14-33)31-24(30-22)11-17-10-18-4-2-3-7-34(18)32-17/h2-4,7-10,15,23,28-29H,5-6,11-14H2,1H3. The first kappa shape index (κ1) is 19.9. The molecule has 4 aromatic rings. The highest BCUT2D eigenvalue weighted by molar-refractivity contribution is 5.88. The number of aromatic nitrogens is 4. The van der Waals surface area contributed by atoms with Gasteiger partial charge in [-0.15, -0.1) is 0 Å². The molecule has 2 atom stereocenters. The van der Waals surface area contributed by atoms with Crippen molar-refractivity contribution in [3.8, 4) is 11.1 Å². The van der Waals surface area contributed by atoms with Gasteiger partial charge in [0.25, 0.3) is 0 Å². The highest BCUT2D eigenvalue weighted by atomic mass is 19.1. The lowest BCUT2D eigenvalue weighted by atomic mass is 10.0. The molecule has 1 aromatic carbocycles. The molecule has 2 aliphatic heterocycles. The molecule has 1 aliphatic carbocycles. The highest BCUT2D eigenvalue weighted by Crippen LogP contribution is 2.45. The summed E-state index contributed by atoms with van der Waals surface area (Å²) in [6.45, 7) is 2.98. The summed E-state index contributed by atoms with van der Waals surface area (Å²) in [5.41, 5.74) is 6.79. The summed E-state index contributed by atoms with van der Waals surface area (Å²) in [5.74, 6) is 2.09. The van der Waals surface area contributed by atoms with Crippen LogP contribution < -0.4 is 15.5 Å². The summed E-state index contributed by atoms with van der Waals surface area (Å²) in [7, 11) is 1.84. The summed E-state index contributed by atoms with van der Waals surface area (Å²) in [4.78, 5) is 12.5. The monoisotopic (exact) mass is 455 g/mol. The number of nitrogens with one attached hydrogen (secondary N) is 2. The number of hydrogen-bond acceptors (Lipinski definition) is 6. The first-order chi connectivity index (χ1) is 16.7. The van der Waals surface area contributed by atoms with Crippen molar-refractivity contribution in [3.05, 3.63) is 71.2 Å². The average Bonchev–Trinajstić information content (AvgIpc) is 3.59. The van der Waals surface area contributed by atoms with Gasteiger partial charge in [0.1, 0.15) is 17.5 Å². The zero-order valence-electron chi connectivity index (χ0n) is 19.1. The summed E-state index contributed by atoms with van der Waals surface area (Å²) < 4.78 is 16.4. The number of rotatable bonds is 4. The van der Waals surface area contributed by atoms with Crippen molar-refractivity contribution in [1.82, 2.24) is 24.9 Å². The molecule has 0 amide bonds. The number of pyridine rings is 1. The minimum atomic E-state index is -0.240. The van der Waals surface area contributed by atoms with E-state index in [2.05, 4.69) is 21.6 Å². The fourth-order valence-corrected chi connectivity index (χ4v) is 5.96. The second-order valence-electron chi connectivity index (χ2n) is 9.59. The first-order valence-corrected chi connectivity index (χ1v) is 12.0. The molecule has 5 heterocycles. The molecule has 7 rings (SSSR count). The first-order valence-electron chi connectivity index (χ1n) is 12.0. The van der Waals surface area contributed by atoms with E-state index < -0.39 is 0 Å². The number of hydrogen-bond donors (Lipinski definition) is 2. The Balaban J connectivity index is 1.34. The van der Waals surface area contributed by atoms with Crippen molar-refractivity contribution in [2.45, 2.75) is 25.3 Å². The fraction of sp³-hybridized carbons (Fsp3) is 0.346. The van der Waals surface area contributed by atoms with Crippen LogP contribution in [0.3, 0.4) is 0 Å². The number of nitrogens with zero attached hydrogens (tertiary/aromatic N) is 5. The van der Waals surface area contributed by atoms with Crippen molar-refractivity contribution in [3.63, 3.8) is 0 Å². The third kappa shape index (κ3) is 3.09. The third-order valence-corrected chi connectivity index (χ3v) is 7.53. The second kappa shape index (κ2) is 7.50. The molecule has 0 saturated carbocycles. The number of benzene rings is 1. The van der Waals surface area contributed by atoms with E-state index in [1.54, 1.807) is 12.1 Å². The van der Waals surface area contributed by atoms with Crippen molar-refractivity contribution >= 4 is 17.0 Å². The molecule has 8 heteroatoms. The molecule has 34 heavy (non-hydrogen) atoms. The maximum absolute atomic E-state index is 14.6. The van der Waals surface area contributed by atoms with Crippen LogP contribution in [0, 0.1) is 11.7 Å². The smallest absolute Gasteiger partial charge is 0.140 e. The van der Waals surface area contributed by atoms with E-state index in [4.69, 9.17) is 15.1 Å². The molecule has 172 valence electrons. The lowest BCUT2D eigenvalue weighted by Gasteiger charge is -2.22. The van der Waals surface area contributed by atoms with E-state index in [9.17, 15) is 4.39 Å². The SMILES string of the molecule is CNc1cc(F)cc2c1Cc1nc(Cc3cc4ccccn4n3)nc(N3CC4CCNC4C3)c1-2. The zero-order valence-corrected chi connectivity index (χ0v) is 19.1. The third-order valence-electron chi connectivity index (χ3n) is 7.53. The topological polar surface area (TPSA) is 70.4 Å². The Labute approximate surface area is 197 Å². The van der Waals surface area contributed by atoms with E-state index in [0.717, 1.165) is 70.6 Å². The second-order valence-corrected chi connectivity index (χ2v) is 9.59. The molecular weight excluding hydrogens is 429 g/mol. The lowest BCUT2D eigenvalue weighted by Crippen LogP contribution is -2.31. The molecule has 2 N–H and O–H groups in total. The molecule has 2 unspecified atom stereocenters. The van der Waals surface area contributed by atoms with Gasteiger partial charge in [0.2, 0.25) is 0 Å². The van der Waals surface area contributed by atoms with Gasteiger partial charge in [-0.25, -0.2) is 18.9 Å². The van der Waals surface area contributed by atoms with E-state index in [-0.39, 0.29) is 5.82 Å². The number of halogens is 1. The van der Waals surface area contributed by atoms with E-state index in [1.807, 2.05) is 36.0 Å². The largest absolute Gasteiger partial charge is 0.388 e. The van der Waals surface area contributed by atoms with Crippen molar-refractivity contribution in [1.29, 1.82) is 0 Å². The quantitative estimate of drug-likeness (QED) is 0.434. The Morgan fingerprint density at radius 2 is 2.12 bits per heavy atom. The van der Waals surface area contributed by atoms with Crippen molar-refractivity contribution < 1.29 is 4.39 Å². The van der Waals surface area contributed by atoms with E-state index >= 15 is 0 Å². The molecule has 7 nitrogen and oxygen atoms in total. The van der Waals surface area contributed by atoms with Gasteiger partial charge in [-0.1, -0.05) is 6.07 Å². The van der Waals surface area contributed by atoms with Crippen LogP contribution in [0.4, 0.5) is 15.9 Å². The van der Waals surface area contributed by atoms with Gasteiger partial charge in [-0.3, -0.25) is 0 Å². The molecule has 0 radical (unpaired) electrons. The molecule has 2 fully saturated rings. The predicted molar refractivity (Wildman–Crippen MR) is 130 cm³/mol. The van der Waals surface area contributed by atoms with Crippen LogP contribution in [-0.4, -0.2) is 52.3 Å². The minimum absolute atomic E-state index is 0.240. The summed E-state index contributed by atoms with van der Waals surface area (Å²) in [6.07, 6.45) is 4.38. The molecule has 2 saturated heterocycles. The Morgan fingerprint density at radius 1 is 1.18 bits per heavy atom. The normalized spacial score (nSPS) is 20.6. The average molecular weight is 456 g/mol. The Morgan fingerprint density at radius 3 is 2.97 bits per heavy atom. The predicted octanol–water partition coefficient (Wildman–Crippen LogP) is 3.27. The summed E-state index contributed by atoms with van der Waals surface area (Å²) in [5, 5.41) is 11.5.